The van der Waals surface area contributed by atoms with Crippen molar-refractivity contribution < 1.29 is 9.50 Å². The number of anilines is 1. The molecule has 0 aromatic heterocycles. The fraction of sp³-hybridized carbons (Fsp3) is 0.625. The molecule has 0 fully saturated rings. The van der Waals surface area contributed by atoms with Gasteiger partial charge in [0.05, 0.1) is 0 Å². The Morgan fingerprint density at radius 3 is 2.55 bits per heavy atom. The van der Waals surface area contributed by atoms with Crippen LogP contribution >= 0.6 is 0 Å². The number of nitrogens with zero attached hydrogens (tertiary/aromatic N) is 1. The van der Waals surface area contributed by atoms with Gasteiger partial charge in [-0.05, 0) is 57.5 Å². The normalized spacial score (nSPS) is 12.8. The fourth-order valence-electron chi connectivity index (χ4n) is 2.45. The molecule has 0 amide bonds. The van der Waals surface area contributed by atoms with E-state index in [1.165, 1.54) is 6.07 Å². The molecule has 20 heavy (non-hydrogen) atoms. The molecule has 4 heteroatoms. The second-order valence-electron chi connectivity index (χ2n) is 5.35. The van der Waals surface area contributed by atoms with E-state index in [9.17, 15) is 4.39 Å². The quantitative estimate of drug-likeness (QED) is 0.769. The zero-order valence-corrected chi connectivity index (χ0v) is 13.0. The van der Waals surface area contributed by atoms with Crippen LogP contribution in [-0.2, 0) is 0 Å². The van der Waals surface area contributed by atoms with Crippen LogP contribution in [0.2, 0.25) is 0 Å². The lowest BCUT2D eigenvalue weighted by molar-refractivity contribution is 0.288. The molecule has 0 aliphatic carbocycles. The molecular weight excluding hydrogens is 255 g/mol. The first-order valence-electron chi connectivity index (χ1n) is 7.41. The molecule has 1 rings (SSSR count). The molecule has 0 radical (unpaired) electrons. The summed E-state index contributed by atoms with van der Waals surface area (Å²) >= 11 is 0. The van der Waals surface area contributed by atoms with Gasteiger partial charge >= 0.3 is 0 Å². The largest absolute Gasteiger partial charge is 0.396 e. The van der Waals surface area contributed by atoms with Crippen molar-refractivity contribution in [2.24, 2.45) is 0 Å². The molecule has 0 heterocycles. The number of halogens is 1. The topological polar surface area (TPSA) is 35.5 Å². The highest BCUT2D eigenvalue weighted by Gasteiger charge is 2.18. The third kappa shape index (κ3) is 4.46. The van der Waals surface area contributed by atoms with E-state index in [0.29, 0.717) is 12.5 Å². The van der Waals surface area contributed by atoms with Crippen LogP contribution in [0.1, 0.15) is 45.7 Å². The summed E-state index contributed by atoms with van der Waals surface area (Å²) in [6, 6.07) is 5.36. The molecule has 1 aromatic rings. The van der Waals surface area contributed by atoms with Gasteiger partial charge in [-0.25, -0.2) is 4.39 Å². The van der Waals surface area contributed by atoms with Crippen LogP contribution in [-0.4, -0.2) is 30.8 Å². The Morgan fingerprint density at radius 1 is 1.30 bits per heavy atom. The Balaban J connectivity index is 3.12. The third-order valence-electron chi connectivity index (χ3n) is 3.46. The molecule has 0 bridgehead atoms. The summed E-state index contributed by atoms with van der Waals surface area (Å²) in [5.74, 6) is -0.209. The average Bonchev–Trinajstić information content (AvgIpc) is 2.40. The second kappa shape index (κ2) is 8.22. The number of benzene rings is 1. The summed E-state index contributed by atoms with van der Waals surface area (Å²) in [5.41, 5.74) is 2.02. The molecule has 0 aliphatic heterocycles. The van der Waals surface area contributed by atoms with Gasteiger partial charge in [-0.15, -0.1) is 0 Å². The van der Waals surface area contributed by atoms with Gasteiger partial charge in [0.25, 0.3) is 0 Å². The van der Waals surface area contributed by atoms with E-state index in [2.05, 4.69) is 24.1 Å². The molecule has 1 unspecified atom stereocenters. The number of aliphatic hydroxyl groups is 1. The van der Waals surface area contributed by atoms with Gasteiger partial charge in [0.15, 0.2) is 0 Å². The number of aliphatic hydroxyl groups excluding tert-OH is 1. The van der Waals surface area contributed by atoms with E-state index in [0.717, 1.165) is 24.3 Å². The standard InChI is InChI=1S/C16H27FN2O/c1-5-18-13(4)15-11-14(17)7-8-16(15)19(12(2)3)9-6-10-20/h7-8,11-13,18,20H,5-6,9-10H2,1-4H3. The molecule has 0 saturated heterocycles. The van der Waals surface area contributed by atoms with Crippen LogP contribution in [0.25, 0.3) is 0 Å². The highest BCUT2D eigenvalue weighted by atomic mass is 19.1. The summed E-state index contributed by atoms with van der Waals surface area (Å²) in [6.45, 7) is 10.1. The molecule has 2 N–H and O–H groups in total. The zero-order valence-electron chi connectivity index (χ0n) is 13.0. The van der Waals surface area contributed by atoms with Crippen LogP contribution in [0.3, 0.4) is 0 Å². The first-order valence-corrected chi connectivity index (χ1v) is 7.41. The van der Waals surface area contributed by atoms with Crippen molar-refractivity contribution in [3.63, 3.8) is 0 Å². The molecule has 0 spiro atoms. The zero-order chi connectivity index (χ0) is 15.1. The highest BCUT2D eigenvalue weighted by Crippen LogP contribution is 2.29. The van der Waals surface area contributed by atoms with Gasteiger partial charge < -0.3 is 15.3 Å². The maximum atomic E-state index is 13.6. The lowest BCUT2D eigenvalue weighted by Gasteiger charge is -2.32. The Morgan fingerprint density at radius 2 is 2.00 bits per heavy atom. The number of hydrogen-bond donors (Lipinski definition) is 2. The van der Waals surface area contributed by atoms with Gasteiger partial charge in [0.1, 0.15) is 5.82 Å². The van der Waals surface area contributed by atoms with Crippen LogP contribution < -0.4 is 10.2 Å². The first-order chi connectivity index (χ1) is 9.51. The van der Waals surface area contributed by atoms with Gasteiger partial charge in [-0.1, -0.05) is 6.92 Å². The summed E-state index contributed by atoms with van der Waals surface area (Å²) in [6.07, 6.45) is 0.713. The molecule has 0 saturated carbocycles. The summed E-state index contributed by atoms with van der Waals surface area (Å²) in [4.78, 5) is 2.22. The van der Waals surface area contributed by atoms with Crippen LogP contribution in [0.4, 0.5) is 10.1 Å². The van der Waals surface area contributed by atoms with E-state index in [-0.39, 0.29) is 18.5 Å². The Hall–Kier alpha value is -1.13. The van der Waals surface area contributed by atoms with Gasteiger partial charge in [-0.3, -0.25) is 0 Å². The van der Waals surface area contributed by atoms with Gasteiger partial charge in [-0.2, -0.15) is 0 Å². The van der Waals surface area contributed by atoms with Crippen molar-refractivity contribution in [1.29, 1.82) is 0 Å². The molecule has 1 atom stereocenters. The maximum Gasteiger partial charge on any atom is 0.123 e. The Kier molecular flexibility index (Phi) is 6.96. The Labute approximate surface area is 121 Å². The highest BCUT2D eigenvalue weighted by molar-refractivity contribution is 5.55. The molecular formula is C16H27FN2O. The van der Waals surface area contributed by atoms with E-state index in [1.807, 2.05) is 19.9 Å². The molecule has 1 aromatic carbocycles. The lowest BCUT2D eigenvalue weighted by atomic mass is 10.0. The van der Waals surface area contributed by atoms with Crippen molar-refractivity contribution >= 4 is 5.69 Å². The summed E-state index contributed by atoms with van der Waals surface area (Å²) < 4.78 is 13.6. The lowest BCUT2D eigenvalue weighted by Crippen LogP contribution is -2.34. The number of hydrogen-bond acceptors (Lipinski definition) is 3. The maximum absolute atomic E-state index is 13.6. The smallest absolute Gasteiger partial charge is 0.123 e. The monoisotopic (exact) mass is 282 g/mol. The minimum atomic E-state index is -0.209. The Bertz CT molecular complexity index is 409. The van der Waals surface area contributed by atoms with E-state index < -0.39 is 0 Å². The predicted octanol–water partition coefficient (Wildman–Crippen LogP) is 3.09. The van der Waals surface area contributed by atoms with Crippen molar-refractivity contribution in [2.45, 2.75) is 46.2 Å². The second-order valence-corrected chi connectivity index (χ2v) is 5.35. The number of rotatable bonds is 8. The SMILES string of the molecule is CCNC(C)c1cc(F)ccc1N(CCCO)C(C)C. The fourth-order valence-corrected chi connectivity index (χ4v) is 2.45. The van der Waals surface area contributed by atoms with Crippen molar-refractivity contribution in [3.05, 3.63) is 29.6 Å². The predicted molar refractivity (Wildman–Crippen MR) is 82.7 cm³/mol. The van der Waals surface area contributed by atoms with Crippen LogP contribution in [0, 0.1) is 5.82 Å². The van der Waals surface area contributed by atoms with Gasteiger partial charge in [0.2, 0.25) is 0 Å². The summed E-state index contributed by atoms with van der Waals surface area (Å²) in [5, 5.41) is 12.4. The van der Waals surface area contributed by atoms with Crippen LogP contribution in [0.5, 0.6) is 0 Å². The van der Waals surface area contributed by atoms with Crippen LogP contribution in [0.15, 0.2) is 18.2 Å². The first kappa shape index (κ1) is 16.9. The average molecular weight is 282 g/mol. The third-order valence-corrected chi connectivity index (χ3v) is 3.46. The molecule has 114 valence electrons. The van der Waals surface area contributed by atoms with Crippen molar-refractivity contribution in [3.8, 4) is 0 Å². The minimum absolute atomic E-state index is 0.0982. The van der Waals surface area contributed by atoms with E-state index in [4.69, 9.17) is 5.11 Å². The van der Waals surface area contributed by atoms with Crippen molar-refractivity contribution in [2.75, 3.05) is 24.6 Å². The number of nitrogens with one attached hydrogen (secondary N) is 1. The molecule has 0 aliphatic rings. The van der Waals surface area contributed by atoms with Gasteiger partial charge in [0, 0.05) is 30.9 Å². The van der Waals surface area contributed by atoms with E-state index >= 15 is 0 Å². The van der Waals surface area contributed by atoms with Crippen molar-refractivity contribution in [1.82, 2.24) is 5.32 Å². The minimum Gasteiger partial charge on any atom is -0.396 e. The summed E-state index contributed by atoms with van der Waals surface area (Å²) in [7, 11) is 0. The molecule has 3 nitrogen and oxygen atoms in total. The van der Waals surface area contributed by atoms with E-state index in [1.54, 1.807) is 6.07 Å².